The summed E-state index contributed by atoms with van der Waals surface area (Å²) >= 11 is 0. The minimum Gasteiger partial charge on any atom is -0.463 e. The highest BCUT2D eigenvalue weighted by Crippen LogP contribution is 2.21. The van der Waals surface area contributed by atoms with Crippen LogP contribution in [0.5, 0.6) is 0 Å². The number of rotatable bonds is 7. The average molecular weight is 380 g/mol. The molecule has 3 heterocycles. The van der Waals surface area contributed by atoms with Crippen molar-refractivity contribution in [2.75, 3.05) is 23.5 Å². The number of hydrogen-bond acceptors (Lipinski definition) is 8. The number of hydrogen-bond donors (Lipinski definition) is 3. The molecule has 8 nitrogen and oxygen atoms in total. The van der Waals surface area contributed by atoms with E-state index in [0.717, 1.165) is 37.3 Å². The third-order valence-electron chi connectivity index (χ3n) is 4.80. The van der Waals surface area contributed by atoms with Gasteiger partial charge in [-0.15, -0.1) is 0 Å². The van der Waals surface area contributed by atoms with Gasteiger partial charge < -0.3 is 20.9 Å². The van der Waals surface area contributed by atoms with E-state index in [9.17, 15) is 5.11 Å². The smallest absolute Gasteiger partial charge is 0.282 e. The van der Waals surface area contributed by atoms with Crippen LogP contribution in [0.15, 0.2) is 52.7 Å². The van der Waals surface area contributed by atoms with Crippen LogP contribution in [-0.4, -0.2) is 41.5 Å². The molecule has 4 N–H and O–H groups in total. The third kappa shape index (κ3) is 4.40. The Hall–Kier alpha value is -3.13. The number of ether oxygens (including phenoxy) is 1. The predicted molar refractivity (Wildman–Crippen MR) is 109 cm³/mol. The van der Waals surface area contributed by atoms with E-state index in [2.05, 4.69) is 20.4 Å². The fourth-order valence-electron chi connectivity index (χ4n) is 3.21. The molecule has 0 spiro atoms. The summed E-state index contributed by atoms with van der Waals surface area (Å²) in [7, 11) is 0. The minimum atomic E-state index is -0.831. The number of aromatic nitrogens is 1. The molecule has 0 saturated carbocycles. The van der Waals surface area contributed by atoms with Crippen molar-refractivity contribution in [3.8, 4) is 0 Å². The van der Waals surface area contributed by atoms with Gasteiger partial charge in [-0.1, -0.05) is 12.1 Å². The van der Waals surface area contributed by atoms with E-state index in [4.69, 9.17) is 10.5 Å². The van der Waals surface area contributed by atoms with Crippen LogP contribution in [0.3, 0.4) is 0 Å². The predicted octanol–water partition coefficient (Wildman–Crippen LogP) is 2.03. The number of aliphatic hydroxyl groups is 1. The van der Waals surface area contributed by atoms with Crippen molar-refractivity contribution in [3.63, 3.8) is 0 Å². The number of amidine groups is 1. The van der Waals surface area contributed by atoms with Gasteiger partial charge in [-0.2, -0.15) is 5.10 Å². The van der Waals surface area contributed by atoms with E-state index >= 15 is 0 Å². The summed E-state index contributed by atoms with van der Waals surface area (Å²) in [6, 6.07) is 12.2. The molecular weight excluding hydrogens is 356 g/mol. The van der Waals surface area contributed by atoms with Gasteiger partial charge in [0.05, 0.1) is 6.04 Å². The van der Waals surface area contributed by atoms with Gasteiger partial charge in [0.25, 0.3) is 6.02 Å². The molecule has 0 fully saturated rings. The zero-order valence-corrected chi connectivity index (χ0v) is 15.5. The summed E-state index contributed by atoms with van der Waals surface area (Å²) in [6.45, 7) is 1.40. The Morgan fingerprint density at radius 1 is 1.25 bits per heavy atom. The number of pyridine rings is 1. The van der Waals surface area contributed by atoms with Gasteiger partial charge >= 0.3 is 0 Å². The van der Waals surface area contributed by atoms with Crippen LogP contribution in [0.1, 0.15) is 30.2 Å². The van der Waals surface area contributed by atoms with Gasteiger partial charge in [-0.05, 0) is 42.7 Å². The van der Waals surface area contributed by atoms with Gasteiger partial charge in [0.2, 0.25) is 0 Å². The van der Waals surface area contributed by atoms with E-state index in [1.807, 2.05) is 47.6 Å². The van der Waals surface area contributed by atoms with Crippen molar-refractivity contribution in [3.05, 3.63) is 53.7 Å². The van der Waals surface area contributed by atoms with Crippen LogP contribution < -0.4 is 16.1 Å². The molecule has 2 atom stereocenters. The van der Waals surface area contributed by atoms with Crippen LogP contribution in [0, 0.1) is 0 Å². The van der Waals surface area contributed by atoms with Gasteiger partial charge in [-0.3, -0.25) is 0 Å². The molecule has 8 heteroatoms. The summed E-state index contributed by atoms with van der Waals surface area (Å²) in [6.07, 6.45) is 5.44. The Morgan fingerprint density at radius 3 is 2.75 bits per heavy atom. The first kappa shape index (κ1) is 18.2. The van der Waals surface area contributed by atoms with Crippen molar-refractivity contribution in [2.24, 2.45) is 15.8 Å². The van der Waals surface area contributed by atoms with Crippen LogP contribution >= 0.6 is 0 Å². The summed E-state index contributed by atoms with van der Waals surface area (Å²) in [5.74, 6) is 0.785. The Bertz CT molecular complexity index is 850. The first-order valence-corrected chi connectivity index (χ1v) is 9.43. The number of hydrazone groups is 1. The molecule has 0 bridgehead atoms. The summed E-state index contributed by atoms with van der Waals surface area (Å²) in [4.78, 5) is 8.62. The Kier molecular flexibility index (Phi) is 5.38. The van der Waals surface area contributed by atoms with Crippen LogP contribution in [0.2, 0.25) is 0 Å². The van der Waals surface area contributed by atoms with E-state index in [0.29, 0.717) is 12.2 Å². The highest BCUT2D eigenvalue weighted by molar-refractivity contribution is 5.73. The number of benzene rings is 1. The normalized spacial score (nSPS) is 19.4. The van der Waals surface area contributed by atoms with Crippen molar-refractivity contribution < 1.29 is 9.84 Å². The molecule has 2 unspecified atom stereocenters. The highest BCUT2D eigenvalue weighted by atomic mass is 16.5. The molecule has 0 saturated heterocycles. The van der Waals surface area contributed by atoms with Crippen molar-refractivity contribution >= 4 is 23.7 Å². The van der Waals surface area contributed by atoms with Crippen LogP contribution in [0.4, 0.5) is 11.5 Å². The number of nitrogens with zero attached hydrogens (tertiary/aromatic N) is 4. The van der Waals surface area contributed by atoms with Gasteiger partial charge in [0.1, 0.15) is 12.4 Å². The number of aryl methyl sites for hydroxylation is 1. The molecule has 1 aromatic heterocycles. The molecular formula is C20H24N6O2. The summed E-state index contributed by atoms with van der Waals surface area (Å²) in [5.41, 5.74) is 8.28. The SMILES string of the molecule is NC1=NC(CCc2ccc(NC(O)c3ccc(N4CCC=N4)nc3)cc2)CO1. The molecule has 146 valence electrons. The first-order chi connectivity index (χ1) is 13.7. The van der Waals surface area contributed by atoms with Crippen molar-refractivity contribution in [2.45, 2.75) is 31.5 Å². The standard InChI is InChI=1S/C20H24N6O2/c21-20-25-17(13-28-20)8-4-14-2-6-16(7-3-14)24-19(27)15-5-9-18(22-12-15)26-11-1-10-23-26/h2-3,5-7,9-10,12,17,19,24,27H,1,4,8,11,13H2,(H2,21,25). The Balaban J connectivity index is 1.30. The second-order valence-corrected chi connectivity index (χ2v) is 6.87. The quantitative estimate of drug-likeness (QED) is 0.634. The van der Waals surface area contributed by atoms with E-state index < -0.39 is 6.23 Å². The van der Waals surface area contributed by atoms with E-state index in [1.54, 1.807) is 6.20 Å². The van der Waals surface area contributed by atoms with Gasteiger partial charge in [-0.25, -0.2) is 15.0 Å². The summed E-state index contributed by atoms with van der Waals surface area (Å²) < 4.78 is 5.17. The maximum atomic E-state index is 10.4. The number of aliphatic hydroxyl groups excluding tert-OH is 1. The van der Waals surface area contributed by atoms with Gasteiger partial charge in [0.15, 0.2) is 6.23 Å². The number of anilines is 2. The molecule has 0 amide bonds. The average Bonchev–Trinajstić information content (AvgIpc) is 3.39. The molecule has 2 aliphatic rings. The van der Waals surface area contributed by atoms with Crippen LogP contribution in [-0.2, 0) is 11.2 Å². The lowest BCUT2D eigenvalue weighted by Crippen LogP contribution is -2.15. The lowest BCUT2D eigenvalue weighted by Gasteiger charge is -2.17. The fourth-order valence-corrected chi connectivity index (χ4v) is 3.21. The molecule has 0 aliphatic carbocycles. The summed E-state index contributed by atoms with van der Waals surface area (Å²) in [5, 5.41) is 19.6. The highest BCUT2D eigenvalue weighted by Gasteiger charge is 2.16. The number of nitrogens with two attached hydrogens (primary N) is 1. The molecule has 0 radical (unpaired) electrons. The number of nitrogens with one attached hydrogen (secondary N) is 1. The van der Waals surface area contributed by atoms with Crippen molar-refractivity contribution in [1.82, 2.24) is 4.98 Å². The zero-order chi connectivity index (χ0) is 19.3. The Labute approximate surface area is 163 Å². The number of aliphatic imine (C=N–C) groups is 1. The largest absolute Gasteiger partial charge is 0.463 e. The maximum absolute atomic E-state index is 10.4. The lowest BCUT2D eigenvalue weighted by atomic mass is 10.1. The first-order valence-electron chi connectivity index (χ1n) is 9.43. The van der Waals surface area contributed by atoms with E-state index in [-0.39, 0.29) is 12.1 Å². The maximum Gasteiger partial charge on any atom is 0.282 e. The molecule has 1 aromatic carbocycles. The monoisotopic (exact) mass is 380 g/mol. The van der Waals surface area contributed by atoms with Gasteiger partial charge in [0, 0.05) is 36.6 Å². The zero-order valence-electron chi connectivity index (χ0n) is 15.5. The molecule has 4 rings (SSSR count). The fraction of sp³-hybridized carbons (Fsp3) is 0.350. The topological polar surface area (TPSA) is 108 Å². The van der Waals surface area contributed by atoms with Crippen LogP contribution in [0.25, 0.3) is 0 Å². The third-order valence-corrected chi connectivity index (χ3v) is 4.80. The van der Waals surface area contributed by atoms with Crippen molar-refractivity contribution in [1.29, 1.82) is 0 Å². The van der Waals surface area contributed by atoms with E-state index in [1.165, 1.54) is 5.56 Å². The molecule has 28 heavy (non-hydrogen) atoms. The molecule has 2 aromatic rings. The lowest BCUT2D eigenvalue weighted by molar-refractivity contribution is 0.208. The Morgan fingerprint density at radius 2 is 2.11 bits per heavy atom. The second-order valence-electron chi connectivity index (χ2n) is 6.87. The second kappa shape index (κ2) is 8.26. The molecule has 2 aliphatic heterocycles. The minimum absolute atomic E-state index is 0.140.